The number of thioether (sulfide) groups is 1. The molecule has 1 aliphatic heterocycles. The van der Waals surface area contributed by atoms with Gasteiger partial charge in [0, 0.05) is 10.0 Å². The first kappa shape index (κ1) is 17.7. The highest BCUT2D eigenvalue weighted by Crippen LogP contribution is 2.24. The van der Waals surface area contributed by atoms with Gasteiger partial charge in [0.25, 0.3) is 0 Å². The number of amidine groups is 1. The van der Waals surface area contributed by atoms with Crippen molar-refractivity contribution in [1.82, 2.24) is 5.32 Å². The minimum absolute atomic E-state index is 0.0424. The van der Waals surface area contributed by atoms with Crippen LogP contribution in [-0.2, 0) is 11.2 Å². The number of nitrogens with one attached hydrogen (secondary N) is 1. The molecule has 0 saturated carbocycles. The van der Waals surface area contributed by atoms with Gasteiger partial charge in [-0.1, -0.05) is 52.0 Å². The quantitative estimate of drug-likeness (QED) is 0.596. The molecule has 128 valence electrons. The molecule has 3 rings (SSSR count). The van der Waals surface area contributed by atoms with Crippen LogP contribution in [0.15, 0.2) is 63.2 Å². The molecular weight excluding hydrogens is 402 g/mol. The van der Waals surface area contributed by atoms with Crippen molar-refractivity contribution in [2.45, 2.75) is 11.7 Å². The molecule has 0 radical (unpaired) electrons. The summed E-state index contributed by atoms with van der Waals surface area (Å²) >= 11 is 4.80. The summed E-state index contributed by atoms with van der Waals surface area (Å²) in [4.78, 5) is 12.1. The van der Waals surface area contributed by atoms with Gasteiger partial charge >= 0.3 is 0 Å². The Bertz CT molecular complexity index is 821. The Morgan fingerprint density at radius 3 is 2.76 bits per heavy atom. The Balaban J connectivity index is 1.64. The predicted molar refractivity (Wildman–Crippen MR) is 105 cm³/mol. The number of nitrogens with zero attached hydrogens (tertiary/aromatic N) is 2. The van der Waals surface area contributed by atoms with E-state index in [4.69, 9.17) is 4.74 Å². The Labute approximate surface area is 158 Å². The summed E-state index contributed by atoms with van der Waals surface area (Å²) in [6.45, 7) is 0. The number of hydrogen-bond donors (Lipinski definition) is 1. The molecule has 0 bridgehead atoms. The van der Waals surface area contributed by atoms with Crippen molar-refractivity contribution >= 4 is 45.0 Å². The van der Waals surface area contributed by atoms with Crippen LogP contribution in [0, 0.1) is 0 Å². The first-order valence-corrected chi connectivity index (χ1v) is 9.29. The maximum Gasteiger partial charge on any atom is 0.239 e. The third-order valence-corrected chi connectivity index (χ3v) is 5.20. The first-order valence-electron chi connectivity index (χ1n) is 7.61. The largest absolute Gasteiger partial charge is 0.496 e. The SMILES string of the molecule is COc1ccccc1C=NN=C1NC(=O)C(Cc2ccc(Br)cc2)S1. The standard InChI is InChI=1S/C18H16BrN3O2S/c1-24-15-5-3-2-4-13(15)11-20-22-18-21-17(23)16(25-18)10-12-6-8-14(19)9-7-12/h2-9,11,16H,10H2,1H3,(H,21,22,23). The van der Waals surface area contributed by atoms with Gasteiger partial charge in [-0.25, -0.2) is 0 Å². The van der Waals surface area contributed by atoms with E-state index in [-0.39, 0.29) is 11.2 Å². The number of halogens is 1. The van der Waals surface area contributed by atoms with Gasteiger partial charge in [0.2, 0.25) is 5.91 Å². The average molecular weight is 418 g/mol. The molecule has 2 aromatic rings. The lowest BCUT2D eigenvalue weighted by molar-refractivity contribution is -0.118. The van der Waals surface area contributed by atoms with Gasteiger partial charge in [-0.05, 0) is 36.2 Å². The molecule has 1 fully saturated rings. The van der Waals surface area contributed by atoms with Gasteiger partial charge in [0.1, 0.15) is 5.75 Å². The minimum atomic E-state index is -0.193. The van der Waals surface area contributed by atoms with Crippen LogP contribution < -0.4 is 10.1 Å². The zero-order valence-corrected chi connectivity index (χ0v) is 15.9. The van der Waals surface area contributed by atoms with Crippen LogP contribution in [0.1, 0.15) is 11.1 Å². The molecule has 0 spiro atoms. The van der Waals surface area contributed by atoms with Gasteiger partial charge in [0.05, 0.1) is 18.6 Å². The molecule has 5 nitrogen and oxygen atoms in total. The molecule has 1 saturated heterocycles. The van der Waals surface area contributed by atoms with E-state index in [0.717, 1.165) is 21.3 Å². The van der Waals surface area contributed by atoms with E-state index in [1.165, 1.54) is 11.8 Å². The van der Waals surface area contributed by atoms with E-state index in [2.05, 4.69) is 31.4 Å². The number of methoxy groups -OCH3 is 1. The van der Waals surface area contributed by atoms with E-state index >= 15 is 0 Å². The van der Waals surface area contributed by atoms with E-state index in [1.807, 2.05) is 48.5 Å². The van der Waals surface area contributed by atoms with Crippen LogP contribution in [0.2, 0.25) is 0 Å². The molecule has 2 aromatic carbocycles. The van der Waals surface area contributed by atoms with Gasteiger partial charge in [-0.2, -0.15) is 5.10 Å². The lowest BCUT2D eigenvalue weighted by Gasteiger charge is -2.05. The Kier molecular flexibility index (Phi) is 5.88. The number of carbonyl (C=O) groups excluding carboxylic acids is 1. The number of para-hydroxylation sites is 1. The fraction of sp³-hybridized carbons (Fsp3) is 0.167. The molecule has 1 atom stereocenters. The van der Waals surface area contributed by atoms with Gasteiger partial charge < -0.3 is 10.1 Å². The van der Waals surface area contributed by atoms with Crippen LogP contribution in [0.3, 0.4) is 0 Å². The Morgan fingerprint density at radius 1 is 1.24 bits per heavy atom. The smallest absolute Gasteiger partial charge is 0.239 e. The summed E-state index contributed by atoms with van der Waals surface area (Å²) in [6, 6.07) is 15.5. The lowest BCUT2D eigenvalue weighted by atomic mass is 10.1. The van der Waals surface area contributed by atoms with E-state index in [9.17, 15) is 4.79 Å². The lowest BCUT2D eigenvalue weighted by Crippen LogP contribution is -2.25. The minimum Gasteiger partial charge on any atom is -0.496 e. The van der Waals surface area contributed by atoms with E-state index in [0.29, 0.717) is 11.6 Å². The van der Waals surface area contributed by atoms with Crippen molar-refractivity contribution in [1.29, 1.82) is 0 Å². The van der Waals surface area contributed by atoms with Crippen molar-refractivity contribution in [3.05, 3.63) is 64.1 Å². The molecule has 1 aliphatic rings. The predicted octanol–water partition coefficient (Wildman–Crippen LogP) is 3.62. The number of hydrogen-bond acceptors (Lipinski definition) is 5. The highest BCUT2D eigenvalue weighted by atomic mass is 79.9. The number of benzene rings is 2. The maximum atomic E-state index is 12.1. The number of carbonyl (C=O) groups is 1. The summed E-state index contributed by atoms with van der Waals surface area (Å²) < 4.78 is 6.28. The molecule has 1 amide bonds. The fourth-order valence-corrected chi connectivity index (χ4v) is 3.57. The molecule has 1 heterocycles. The summed E-state index contributed by atoms with van der Waals surface area (Å²) in [7, 11) is 1.61. The second-order valence-corrected chi connectivity index (χ2v) is 7.43. The van der Waals surface area contributed by atoms with E-state index < -0.39 is 0 Å². The highest BCUT2D eigenvalue weighted by Gasteiger charge is 2.30. The zero-order chi connectivity index (χ0) is 17.6. The Morgan fingerprint density at radius 2 is 2.00 bits per heavy atom. The summed E-state index contributed by atoms with van der Waals surface area (Å²) in [5, 5.41) is 11.3. The molecule has 1 N–H and O–H groups in total. The zero-order valence-electron chi connectivity index (χ0n) is 13.5. The molecular formula is C18H16BrN3O2S. The number of ether oxygens (including phenoxy) is 1. The van der Waals surface area contributed by atoms with Gasteiger partial charge in [-0.3, -0.25) is 4.79 Å². The molecule has 1 unspecified atom stereocenters. The monoisotopic (exact) mass is 417 g/mol. The summed E-state index contributed by atoms with van der Waals surface area (Å²) in [5.41, 5.74) is 1.93. The first-order chi connectivity index (χ1) is 12.2. The number of rotatable bonds is 5. The summed E-state index contributed by atoms with van der Waals surface area (Å²) in [6.07, 6.45) is 2.26. The van der Waals surface area contributed by atoms with Gasteiger partial charge in [0.15, 0.2) is 5.17 Å². The van der Waals surface area contributed by atoms with Crippen LogP contribution in [0.4, 0.5) is 0 Å². The molecule has 0 aromatic heterocycles. The van der Waals surface area contributed by atoms with Crippen LogP contribution in [-0.4, -0.2) is 29.6 Å². The second kappa shape index (κ2) is 8.31. The fourth-order valence-electron chi connectivity index (χ4n) is 2.34. The van der Waals surface area contributed by atoms with Crippen molar-refractivity contribution < 1.29 is 9.53 Å². The van der Waals surface area contributed by atoms with Crippen molar-refractivity contribution in [3.63, 3.8) is 0 Å². The molecule has 7 heteroatoms. The Hall–Kier alpha value is -2.12. The highest BCUT2D eigenvalue weighted by molar-refractivity contribution is 9.10. The third-order valence-electron chi connectivity index (χ3n) is 3.60. The van der Waals surface area contributed by atoms with E-state index in [1.54, 1.807) is 13.3 Å². The van der Waals surface area contributed by atoms with Crippen LogP contribution in [0.25, 0.3) is 0 Å². The second-order valence-electron chi connectivity index (χ2n) is 5.32. The third kappa shape index (κ3) is 4.70. The normalized spacial score (nSPS) is 18.7. The molecule has 0 aliphatic carbocycles. The molecule has 25 heavy (non-hydrogen) atoms. The van der Waals surface area contributed by atoms with Crippen molar-refractivity contribution in [2.75, 3.05) is 7.11 Å². The topological polar surface area (TPSA) is 63.1 Å². The maximum absolute atomic E-state index is 12.1. The van der Waals surface area contributed by atoms with Gasteiger partial charge in [-0.15, -0.1) is 5.10 Å². The van der Waals surface area contributed by atoms with Crippen LogP contribution in [0.5, 0.6) is 5.75 Å². The van der Waals surface area contributed by atoms with Crippen molar-refractivity contribution in [3.8, 4) is 5.75 Å². The van der Waals surface area contributed by atoms with Crippen molar-refractivity contribution in [2.24, 2.45) is 10.2 Å². The van der Waals surface area contributed by atoms with Crippen LogP contribution >= 0.6 is 27.7 Å². The number of amides is 1. The average Bonchev–Trinajstić information content (AvgIpc) is 2.97. The summed E-state index contributed by atoms with van der Waals surface area (Å²) in [5.74, 6) is 0.682.